The van der Waals surface area contributed by atoms with Crippen LogP contribution in [-0.2, 0) is 9.59 Å². The fourth-order valence-electron chi connectivity index (χ4n) is 2.11. The number of carbonyl (C=O) groups excluding carboxylic acids is 1. The minimum Gasteiger partial charge on any atom is -0.479 e. The molecule has 1 fully saturated rings. The van der Waals surface area contributed by atoms with Crippen LogP contribution in [-0.4, -0.2) is 50.0 Å². The zero-order valence-electron chi connectivity index (χ0n) is 8.96. The summed E-state index contributed by atoms with van der Waals surface area (Å²) in [5, 5.41) is 37.5. The molecule has 0 bridgehead atoms. The molecule has 0 heterocycles. The van der Waals surface area contributed by atoms with Gasteiger partial charge in [0.15, 0.2) is 11.4 Å². The summed E-state index contributed by atoms with van der Waals surface area (Å²) in [6.07, 6.45) is -2.97. The zero-order chi connectivity index (χ0) is 12.5. The predicted octanol–water partition coefficient (Wildman–Crippen LogP) is -1.09. The van der Waals surface area contributed by atoms with Gasteiger partial charge in [0.05, 0.1) is 12.0 Å². The average molecular weight is 232 g/mol. The average Bonchev–Trinajstić information content (AvgIpc) is 2.21. The molecule has 1 aliphatic carbocycles. The minimum absolute atomic E-state index is 0.172. The number of ketones is 1. The van der Waals surface area contributed by atoms with Crippen molar-refractivity contribution >= 4 is 11.8 Å². The standard InChI is InChI=1S/C10H16O6/c1-2-3-5-7(12)8(13)6(11)4-10(5,16)9(14)15/h5-6,8,11,13,16H,2-4H2,1H3,(H,14,15)/t5-,6?,8-,10+/m0/s1. The highest BCUT2D eigenvalue weighted by atomic mass is 16.4. The third kappa shape index (κ3) is 1.95. The second-order valence-corrected chi connectivity index (χ2v) is 4.19. The van der Waals surface area contributed by atoms with Crippen LogP contribution in [0.3, 0.4) is 0 Å². The molecule has 4 N–H and O–H groups in total. The molecule has 1 aliphatic rings. The van der Waals surface area contributed by atoms with Crippen molar-refractivity contribution in [2.75, 3.05) is 0 Å². The summed E-state index contributed by atoms with van der Waals surface area (Å²) in [6, 6.07) is 0. The molecule has 1 unspecified atom stereocenters. The Morgan fingerprint density at radius 1 is 1.50 bits per heavy atom. The van der Waals surface area contributed by atoms with Crippen molar-refractivity contribution in [3.05, 3.63) is 0 Å². The molecule has 0 spiro atoms. The monoisotopic (exact) mass is 232 g/mol. The first-order chi connectivity index (χ1) is 7.34. The van der Waals surface area contributed by atoms with Gasteiger partial charge in [-0.3, -0.25) is 4.79 Å². The lowest BCUT2D eigenvalue weighted by molar-refractivity contribution is -0.188. The van der Waals surface area contributed by atoms with Crippen molar-refractivity contribution in [3.63, 3.8) is 0 Å². The van der Waals surface area contributed by atoms with E-state index < -0.39 is 41.9 Å². The molecule has 92 valence electrons. The van der Waals surface area contributed by atoms with Crippen LogP contribution in [0.5, 0.6) is 0 Å². The molecule has 1 saturated carbocycles. The van der Waals surface area contributed by atoms with E-state index in [1.54, 1.807) is 6.92 Å². The second-order valence-electron chi connectivity index (χ2n) is 4.19. The Morgan fingerprint density at radius 2 is 2.06 bits per heavy atom. The first kappa shape index (κ1) is 13.1. The highest BCUT2D eigenvalue weighted by Gasteiger charge is 2.55. The van der Waals surface area contributed by atoms with Crippen molar-refractivity contribution in [1.82, 2.24) is 0 Å². The largest absolute Gasteiger partial charge is 0.479 e. The highest BCUT2D eigenvalue weighted by Crippen LogP contribution is 2.35. The van der Waals surface area contributed by atoms with Crippen LogP contribution in [0.4, 0.5) is 0 Å². The summed E-state index contributed by atoms with van der Waals surface area (Å²) in [6.45, 7) is 1.74. The number of Topliss-reactive ketones (excluding diaryl/α,β-unsaturated/α-hetero) is 1. The van der Waals surface area contributed by atoms with Crippen LogP contribution in [0.2, 0.25) is 0 Å². The van der Waals surface area contributed by atoms with Crippen LogP contribution < -0.4 is 0 Å². The molecule has 0 aromatic rings. The van der Waals surface area contributed by atoms with Gasteiger partial charge in [-0.1, -0.05) is 13.3 Å². The quantitative estimate of drug-likeness (QED) is 0.491. The molecule has 6 heteroatoms. The minimum atomic E-state index is -2.27. The summed E-state index contributed by atoms with van der Waals surface area (Å²) >= 11 is 0. The van der Waals surface area contributed by atoms with E-state index >= 15 is 0 Å². The Bertz CT molecular complexity index is 302. The Morgan fingerprint density at radius 3 is 2.50 bits per heavy atom. The number of carboxylic acid groups (broad SMARTS) is 1. The van der Waals surface area contributed by atoms with Gasteiger partial charge in [0.25, 0.3) is 0 Å². The topological polar surface area (TPSA) is 115 Å². The first-order valence-corrected chi connectivity index (χ1v) is 5.20. The smallest absolute Gasteiger partial charge is 0.336 e. The normalized spacial score (nSPS) is 39.8. The summed E-state index contributed by atoms with van der Waals surface area (Å²) in [5.74, 6) is -3.50. The van der Waals surface area contributed by atoms with Crippen molar-refractivity contribution in [2.24, 2.45) is 5.92 Å². The number of hydrogen-bond donors (Lipinski definition) is 4. The van der Waals surface area contributed by atoms with Gasteiger partial charge in [-0.25, -0.2) is 4.79 Å². The van der Waals surface area contributed by atoms with E-state index in [1.807, 2.05) is 0 Å². The predicted molar refractivity (Wildman–Crippen MR) is 52.6 cm³/mol. The van der Waals surface area contributed by atoms with Gasteiger partial charge in [0.2, 0.25) is 0 Å². The molecule has 0 radical (unpaired) electrons. The lowest BCUT2D eigenvalue weighted by Crippen LogP contribution is -2.60. The van der Waals surface area contributed by atoms with Crippen LogP contribution in [0, 0.1) is 5.92 Å². The Balaban J connectivity index is 3.05. The maximum Gasteiger partial charge on any atom is 0.336 e. The van der Waals surface area contributed by atoms with Gasteiger partial charge in [0, 0.05) is 6.42 Å². The maximum atomic E-state index is 11.6. The fraction of sp³-hybridized carbons (Fsp3) is 0.800. The molecular formula is C10H16O6. The van der Waals surface area contributed by atoms with Crippen LogP contribution in [0.1, 0.15) is 26.2 Å². The lowest BCUT2D eigenvalue weighted by Gasteiger charge is -2.39. The molecule has 6 nitrogen and oxygen atoms in total. The fourth-order valence-corrected chi connectivity index (χ4v) is 2.11. The number of aliphatic carboxylic acids is 1. The summed E-state index contributed by atoms with van der Waals surface area (Å²) < 4.78 is 0. The zero-order valence-corrected chi connectivity index (χ0v) is 8.96. The number of carboxylic acids is 1. The molecule has 0 amide bonds. The van der Waals surface area contributed by atoms with Gasteiger partial charge in [-0.05, 0) is 6.42 Å². The Hall–Kier alpha value is -0.980. The molecule has 4 atom stereocenters. The summed E-state index contributed by atoms with van der Waals surface area (Å²) in [4.78, 5) is 22.6. The van der Waals surface area contributed by atoms with Crippen LogP contribution >= 0.6 is 0 Å². The van der Waals surface area contributed by atoms with E-state index in [0.29, 0.717) is 6.42 Å². The van der Waals surface area contributed by atoms with Crippen molar-refractivity contribution in [1.29, 1.82) is 0 Å². The van der Waals surface area contributed by atoms with Gasteiger partial charge in [-0.15, -0.1) is 0 Å². The molecule has 0 aliphatic heterocycles. The van der Waals surface area contributed by atoms with Crippen LogP contribution in [0.25, 0.3) is 0 Å². The maximum absolute atomic E-state index is 11.6. The number of aliphatic hydroxyl groups is 3. The summed E-state index contributed by atoms with van der Waals surface area (Å²) in [7, 11) is 0. The highest BCUT2D eigenvalue weighted by molar-refractivity contribution is 5.94. The molecular weight excluding hydrogens is 216 g/mol. The van der Waals surface area contributed by atoms with Crippen molar-refractivity contribution in [2.45, 2.75) is 44.0 Å². The molecule has 0 aromatic carbocycles. The van der Waals surface area contributed by atoms with Gasteiger partial charge in [0.1, 0.15) is 6.10 Å². The van der Waals surface area contributed by atoms with Crippen LogP contribution in [0.15, 0.2) is 0 Å². The van der Waals surface area contributed by atoms with E-state index in [0.717, 1.165) is 0 Å². The van der Waals surface area contributed by atoms with E-state index in [2.05, 4.69) is 0 Å². The Kier molecular flexibility index (Phi) is 3.67. The number of aliphatic hydroxyl groups excluding tert-OH is 2. The molecule has 16 heavy (non-hydrogen) atoms. The Labute approximate surface area is 92.5 Å². The first-order valence-electron chi connectivity index (χ1n) is 5.20. The van der Waals surface area contributed by atoms with Crippen molar-refractivity contribution < 1.29 is 30.0 Å². The molecule has 1 rings (SSSR count). The molecule has 0 saturated heterocycles. The summed E-state index contributed by atoms with van der Waals surface area (Å²) in [5.41, 5.74) is -2.27. The van der Waals surface area contributed by atoms with Gasteiger partial charge >= 0.3 is 5.97 Å². The van der Waals surface area contributed by atoms with E-state index in [-0.39, 0.29) is 6.42 Å². The SMILES string of the molecule is CCC[C@H]1C(=O)[C@@H](O)C(O)C[C@]1(O)C(=O)O. The van der Waals surface area contributed by atoms with E-state index in [9.17, 15) is 24.9 Å². The third-order valence-corrected chi connectivity index (χ3v) is 3.04. The number of carbonyl (C=O) groups is 2. The van der Waals surface area contributed by atoms with Gasteiger partial charge in [-0.2, -0.15) is 0 Å². The van der Waals surface area contributed by atoms with E-state index in [4.69, 9.17) is 5.11 Å². The second kappa shape index (κ2) is 4.48. The van der Waals surface area contributed by atoms with Gasteiger partial charge < -0.3 is 20.4 Å². The third-order valence-electron chi connectivity index (χ3n) is 3.04. The van der Waals surface area contributed by atoms with Crippen molar-refractivity contribution in [3.8, 4) is 0 Å². The molecule has 0 aromatic heterocycles. The lowest BCUT2D eigenvalue weighted by atomic mass is 9.70. The van der Waals surface area contributed by atoms with E-state index in [1.165, 1.54) is 0 Å². The number of hydrogen-bond acceptors (Lipinski definition) is 5. The number of rotatable bonds is 3.